The second kappa shape index (κ2) is 6.10. The minimum Gasteiger partial charge on any atom is -0.277 e. The molecule has 1 N–H and O–H groups in total. The molecule has 0 aliphatic carbocycles. The fourth-order valence-corrected chi connectivity index (χ4v) is 1.96. The SMILES string of the molecule is Clc1ccc(/C=N\Nc2ccccc2Cl)c(Cl)c1. The summed E-state index contributed by atoms with van der Waals surface area (Å²) >= 11 is 17.8. The van der Waals surface area contributed by atoms with Crippen LogP contribution in [0.25, 0.3) is 0 Å². The van der Waals surface area contributed by atoms with Crippen molar-refractivity contribution in [1.82, 2.24) is 0 Å². The van der Waals surface area contributed by atoms with E-state index in [-0.39, 0.29) is 0 Å². The number of nitrogens with one attached hydrogen (secondary N) is 1. The van der Waals surface area contributed by atoms with Gasteiger partial charge in [0.25, 0.3) is 0 Å². The van der Waals surface area contributed by atoms with E-state index in [0.717, 1.165) is 11.3 Å². The molecule has 0 saturated carbocycles. The van der Waals surface area contributed by atoms with Gasteiger partial charge in [-0.3, -0.25) is 5.43 Å². The first-order chi connectivity index (χ1) is 8.66. The summed E-state index contributed by atoms with van der Waals surface area (Å²) in [6.07, 6.45) is 1.61. The van der Waals surface area contributed by atoms with Crippen LogP contribution in [0, 0.1) is 0 Å². The van der Waals surface area contributed by atoms with E-state index in [4.69, 9.17) is 34.8 Å². The zero-order valence-electron chi connectivity index (χ0n) is 9.20. The molecule has 0 radical (unpaired) electrons. The van der Waals surface area contributed by atoms with Gasteiger partial charge in [0, 0.05) is 10.6 Å². The number of hydrazone groups is 1. The van der Waals surface area contributed by atoms with E-state index in [9.17, 15) is 0 Å². The first-order valence-corrected chi connectivity index (χ1v) is 6.29. The lowest BCUT2D eigenvalue weighted by Crippen LogP contribution is -1.91. The summed E-state index contributed by atoms with van der Waals surface area (Å²) in [6, 6.07) is 12.6. The Morgan fingerprint density at radius 3 is 2.44 bits per heavy atom. The molecule has 0 amide bonds. The van der Waals surface area contributed by atoms with Gasteiger partial charge in [0.2, 0.25) is 0 Å². The number of nitrogens with zero attached hydrogens (tertiary/aromatic N) is 1. The van der Waals surface area contributed by atoms with Crippen LogP contribution in [0.1, 0.15) is 5.56 Å². The Kier molecular flexibility index (Phi) is 4.48. The molecule has 0 saturated heterocycles. The van der Waals surface area contributed by atoms with E-state index in [1.807, 2.05) is 18.2 Å². The standard InChI is InChI=1S/C13H9Cl3N2/c14-10-6-5-9(12(16)7-10)8-17-18-13-4-2-1-3-11(13)15/h1-8,18H/b17-8-. The molecule has 0 atom stereocenters. The predicted molar refractivity (Wildman–Crippen MR) is 79.1 cm³/mol. The zero-order valence-corrected chi connectivity index (χ0v) is 11.5. The van der Waals surface area contributed by atoms with Crippen LogP contribution in [0.5, 0.6) is 0 Å². The Balaban J connectivity index is 2.10. The van der Waals surface area contributed by atoms with Crippen LogP contribution in [0.15, 0.2) is 47.6 Å². The van der Waals surface area contributed by atoms with Crippen LogP contribution in [0.4, 0.5) is 5.69 Å². The molecule has 0 aliphatic heterocycles. The molecule has 2 aromatic rings. The van der Waals surface area contributed by atoms with Gasteiger partial charge in [-0.25, -0.2) is 0 Å². The van der Waals surface area contributed by atoms with Crippen molar-refractivity contribution < 1.29 is 0 Å². The Bertz CT molecular complexity index is 582. The molecule has 2 nitrogen and oxygen atoms in total. The number of benzene rings is 2. The summed E-state index contributed by atoms with van der Waals surface area (Å²) in [5.74, 6) is 0. The Morgan fingerprint density at radius 1 is 0.944 bits per heavy atom. The molecule has 92 valence electrons. The smallest absolute Gasteiger partial charge is 0.0748 e. The Labute approximate surface area is 120 Å². The summed E-state index contributed by atoms with van der Waals surface area (Å²) < 4.78 is 0. The number of hydrogen-bond donors (Lipinski definition) is 1. The first kappa shape index (κ1) is 13.2. The van der Waals surface area contributed by atoms with Crippen LogP contribution in [0.3, 0.4) is 0 Å². The average molecular weight is 300 g/mol. The van der Waals surface area contributed by atoms with Crippen molar-refractivity contribution in [1.29, 1.82) is 0 Å². The van der Waals surface area contributed by atoms with Crippen LogP contribution < -0.4 is 5.43 Å². The van der Waals surface area contributed by atoms with Crippen molar-refractivity contribution in [3.05, 3.63) is 63.1 Å². The normalized spacial score (nSPS) is 10.8. The molecule has 0 bridgehead atoms. The molecule has 0 fully saturated rings. The van der Waals surface area contributed by atoms with Crippen molar-refractivity contribution in [2.24, 2.45) is 5.10 Å². The first-order valence-electron chi connectivity index (χ1n) is 5.15. The fourth-order valence-electron chi connectivity index (χ4n) is 1.33. The van der Waals surface area contributed by atoms with Crippen LogP contribution >= 0.6 is 34.8 Å². The third kappa shape index (κ3) is 3.39. The predicted octanol–water partition coefficient (Wildman–Crippen LogP) is 5.09. The van der Waals surface area contributed by atoms with Gasteiger partial charge in [0.1, 0.15) is 0 Å². The molecule has 0 unspecified atom stereocenters. The van der Waals surface area contributed by atoms with E-state index < -0.39 is 0 Å². The maximum Gasteiger partial charge on any atom is 0.0748 e. The van der Waals surface area contributed by atoms with Crippen molar-refractivity contribution in [3.63, 3.8) is 0 Å². The highest BCUT2D eigenvalue weighted by Crippen LogP contribution is 2.21. The van der Waals surface area contributed by atoms with Crippen molar-refractivity contribution in [2.75, 3.05) is 5.43 Å². The molecule has 18 heavy (non-hydrogen) atoms. The van der Waals surface area contributed by atoms with Crippen molar-refractivity contribution >= 4 is 46.7 Å². The van der Waals surface area contributed by atoms with Crippen LogP contribution in [-0.2, 0) is 0 Å². The summed E-state index contributed by atoms with van der Waals surface area (Å²) in [6.45, 7) is 0. The maximum atomic E-state index is 6.01. The lowest BCUT2D eigenvalue weighted by Gasteiger charge is -2.02. The fraction of sp³-hybridized carbons (Fsp3) is 0. The largest absolute Gasteiger partial charge is 0.277 e. The topological polar surface area (TPSA) is 24.4 Å². The zero-order chi connectivity index (χ0) is 13.0. The molecule has 0 heterocycles. The van der Waals surface area contributed by atoms with Crippen molar-refractivity contribution in [2.45, 2.75) is 0 Å². The maximum absolute atomic E-state index is 6.01. The quantitative estimate of drug-likeness (QED) is 0.619. The number of hydrogen-bond acceptors (Lipinski definition) is 2. The van der Waals surface area contributed by atoms with Gasteiger partial charge in [0.15, 0.2) is 0 Å². The second-order valence-electron chi connectivity index (χ2n) is 3.52. The number of halogens is 3. The average Bonchev–Trinajstić information content (AvgIpc) is 2.34. The molecule has 2 aromatic carbocycles. The number of rotatable bonds is 3. The van der Waals surface area contributed by atoms with Gasteiger partial charge in [-0.1, -0.05) is 53.0 Å². The van der Waals surface area contributed by atoms with Crippen LogP contribution in [0.2, 0.25) is 15.1 Å². The molecular formula is C13H9Cl3N2. The molecule has 2 rings (SSSR count). The van der Waals surface area contributed by atoms with E-state index in [1.165, 1.54) is 0 Å². The van der Waals surface area contributed by atoms with Gasteiger partial charge in [-0.2, -0.15) is 5.10 Å². The van der Waals surface area contributed by atoms with Gasteiger partial charge < -0.3 is 0 Å². The van der Waals surface area contributed by atoms with Crippen LogP contribution in [-0.4, -0.2) is 6.21 Å². The third-order valence-corrected chi connectivity index (χ3v) is 3.12. The monoisotopic (exact) mass is 298 g/mol. The van der Waals surface area contributed by atoms with Gasteiger partial charge in [-0.15, -0.1) is 0 Å². The van der Waals surface area contributed by atoms with E-state index in [0.29, 0.717) is 15.1 Å². The number of anilines is 1. The van der Waals surface area contributed by atoms with Crippen molar-refractivity contribution in [3.8, 4) is 0 Å². The van der Waals surface area contributed by atoms with Gasteiger partial charge in [0.05, 0.1) is 21.9 Å². The summed E-state index contributed by atoms with van der Waals surface area (Å²) in [7, 11) is 0. The molecule has 0 spiro atoms. The minimum absolute atomic E-state index is 0.548. The molecule has 0 aliphatic rings. The molecule has 5 heteroatoms. The Hall–Kier alpha value is -1.22. The summed E-state index contributed by atoms with van der Waals surface area (Å²) in [4.78, 5) is 0. The summed E-state index contributed by atoms with van der Waals surface area (Å²) in [5, 5.41) is 5.83. The van der Waals surface area contributed by atoms with E-state index in [1.54, 1.807) is 30.5 Å². The summed E-state index contributed by atoms with van der Waals surface area (Å²) in [5.41, 5.74) is 4.36. The second-order valence-corrected chi connectivity index (χ2v) is 4.77. The number of para-hydroxylation sites is 1. The highest BCUT2D eigenvalue weighted by molar-refractivity contribution is 6.36. The lowest BCUT2D eigenvalue weighted by molar-refractivity contribution is 1.35. The lowest BCUT2D eigenvalue weighted by atomic mass is 10.2. The highest BCUT2D eigenvalue weighted by atomic mass is 35.5. The highest BCUT2D eigenvalue weighted by Gasteiger charge is 1.98. The molecular weight excluding hydrogens is 291 g/mol. The van der Waals surface area contributed by atoms with Gasteiger partial charge >= 0.3 is 0 Å². The van der Waals surface area contributed by atoms with E-state index in [2.05, 4.69) is 10.5 Å². The van der Waals surface area contributed by atoms with Gasteiger partial charge in [-0.05, 0) is 24.3 Å². The molecule has 0 aromatic heterocycles. The van der Waals surface area contributed by atoms with E-state index >= 15 is 0 Å². The minimum atomic E-state index is 0.548. The Morgan fingerprint density at radius 2 is 1.72 bits per heavy atom. The third-order valence-electron chi connectivity index (χ3n) is 2.22.